The highest BCUT2D eigenvalue weighted by Crippen LogP contribution is 2.03. The van der Waals surface area contributed by atoms with Crippen molar-refractivity contribution < 1.29 is 0 Å². The van der Waals surface area contributed by atoms with Crippen LogP contribution in [-0.2, 0) is 0 Å². The Hall–Kier alpha value is -0.490. The highest BCUT2D eigenvalue weighted by atomic mass is 35.5. The van der Waals surface area contributed by atoms with Gasteiger partial charge in [0.1, 0.15) is 0 Å². The minimum Gasteiger partial charge on any atom is -0.0958 e. The summed E-state index contributed by atoms with van der Waals surface area (Å²) in [5, 5.41) is 0.546. The normalized spacial score (nSPS) is 10.0. The summed E-state index contributed by atoms with van der Waals surface area (Å²) in [6.07, 6.45) is 4.57. The van der Waals surface area contributed by atoms with Gasteiger partial charge in [0, 0.05) is 5.03 Å². The zero-order valence-corrected chi connectivity index (χ0v) is 6.41. The fourth-order valence-corrected chi connectivity index (χ4v) is 0.389. The van der Waals surface area contributed by atoms with Gasteiger partial charge in [-0.15, -0.1) is 0 Å². The van der Waals surface area contributed by atoms with Gasteiger partial charge in [0.15, 0.2) is 0 Å². The van der Waals surface area contributed by atoms with E-state index in [-0.39, 0.29) is 0 Å². The summed E-state index contributed by atoms with van der Waals surface area (Å²) in [4.78, 5) is 0. The maximum atomic E-state index is 5.46. The summed E-state index contributed by atoms with van der Waals surface area (Å²) in [6, 6.07) is 0. The minimum atomic E-state index is 0.546. The molecule has 0 aromatic rings. The fourth-order valence-electron chi connectivity index (χ4n) is 0.326. The Labute approximate surface area is 61.5 Å². The van der Waals surface area contributed by atoms with Crippen LogP contribution in [0.3, 0.4) is 0 Å². The lowest BCUT2D eigenvalue weighted by Gasteiger charge is -1.88. The van der Waals surface area contributed by atoms with Gasteiger partial charge in [-0.3, -0.25) is 0 Å². The molecule has 0 bridgehead atoms. The third-order valence-corrected chi connectivity index (χ3v) is 1.08. The minimum absolute atomic E-state index is 0.546. The van der Waals surface area contributed by atoms with E-state index in [4.69, 9.17) is 11.6 Å². The second kappa shape index (κ2) is 4.39. The smallest absolute Gasteiger partial charge is 0.0334 e. The Bertz CT molecular complexity index is 143. The van der Waals surface area contributed by atoms with Crippen LogP contribution >= 0.6 is 11.6 Å². The molecule has 0 heterocycles. The van der Waals surface area contributed by atoms with Crippen molar-refractivity contribution in [1.82, 2.24) is 0 Å². The summed E-state index contributed by atoms with van der Waals surface area (Å²) in [7, 11) is 0. The molecule has 9 heavy (non-hydrogen) atoms. The molecule has 0 aromatic heterocycles. The Balaban J connectivity index is 3.71. The van der Waals surface area contributed by atoms with Crippen LogP contribution in [-0.4, -0.2) is 0 Å². The number of hydrogen-bond acceptors (Lipinski definition) is 0. The summed E-state index contributed by atoms with van der Waals surface area (Å²) in [5.41, 5.74) is 1.07. The van der Waals surface area contributed by atoms with Crippen LogP contribution in [0, 0.1) is 0 Å². The van der Waals surface area contributed by atoms with E-state index in [1.54, 1.807) is 6.08 Å². The molecule has 0 aliphatic carbocycles. The van der Waals surface area contributed by atoms with Crippen LogP contribution in [0.1, 0.15) is 13.3 Å². The van der Waals surface area contributed by atoms with Crippen LogP contribution in [0.15, 0.2) is 35.9 Å². The van der Waals surface area contributed by atoms with Crippen LogP contribution < -0.4 is 0 Å². The van der Waals surface area contributed by atoms with Crippen molar-refractivity contribution in [2.45, 2.75) is 13.3 Å². The number of hydrogen-bond donors (Lipinski definition) is 0. The van der Waals surface area contributed by atoms with E-state index in [0.29, 0.717) is 5.03 Å². The average Bonchev–Trinajstić information content (AvgIpc) is 1.83. The zero-order valence-electron chi connectivity index (χ0n) is 5.65. The second-order valence-electron chi connectivity index (χ2n) is 1.79. The number of rotatable bonds is 3. The molecule has 0 unspecified atom stereocenters. The first kappa shape index (κ1) is 8.51. The van der Waals surface area contributed by atoms with E-state index in [9.17, 15) is 0 Å². The third kappa shape index (κ3) is 5.38. The van der Waals surface area contributed by atoms with Gasteiger partial charge in [-0.2, -0.15) is 0 Å². The highest BCUT2D eigenvalue weighted by Gasteiger charge is 1.80. The fraction of sp³-hybridized carbons (Fsp3) is 0.250. The molecule has 1 heteroatoms. The Morgan fingerprint density at radius 3 is 2.33 bits per heavy atom. The van der Waals surface area contributed by atoms with Gasteiger partial charge < -0.3 is 0 Å². The number of allylic oxidation sites excluding steroid dienone is 4. The third-order valence-electron chi connectivity index (χ3n) is 0.954. The van der Waals surface area contributed by atoms with E-state index in [1.807, 2.05) is 13.0 Å². The molecule has 0 saturated carbocycles. The summed E-state index contributed by atoms with van der Waals surface area (Å²) in [6.45, 7) is 9.30. The largest absolute Gasteiger partial charge is 0.0958 e. The quantitative estimate of drug-likeness (QED) is 0.531. The molecule has 0 aromatic carbocycles. The first-order valence-corrected chi connectivity index (χ1v) is 3.25. The van der Waals surface area contributed by atoms with Gasteiger partial charge in [-0.05, 0) is 12.5 Å². The van der Waals surface area contributed by atoms with Crippen molar-refractivity contribution >= 4 is 11.6 Å². The summed E-state index contributed by atoms with van der Waals surface area (Å²) in [5.74, 6) is 0. The lowest BCUT2D eigenvalue weighted by atomic mass is 10.2. The van der Waals surface area contributed by atoms with Gasteiger partial charge >= 0.3 is 0 Å². The van der Waals surface area contributed by atoms with E-state index >= 15 is 0 Å². The zero-order chi connectivity index (χ0) is 7.28. The molecule has 0 N–H and O–H groups in total. The second-order valence-corrected chi connectivity index (χ2v) is 2.28. The maximum Gasteiger partial charge on any atom is 0.0334 e. The van der Waals surface area contributed by atoms with Crippen molar-refractivity contribution in [3.63, 3.8) is 0 Å². The maximum absolute atomic E-state index is 5.46. The molecule has 50 valence electrons. The molecule has 0 saturated heterocycles. The van der Waals surface area contributed by atoms with Crippen LogP contribution in [0.4, 0.5) is 0 Å². The van der Waals surface area contributed by atoms with Crippen LogP contribution in [0.25, 0.3) is 0 Å². The Morgan fingerprint density at radius 1 is 1.44 bits per heavy atom. The Morgan fingerprint density at radius 2 is 2.00 bits per heavy atom. The molecule has 0 rings (SSSR count). The van der Waals surface area contributed by atoms with E-state index in [0.717, 1.165) is 12.0 Å². The predicted molar refractivity (Wildman–Crippen MR) is 43.6 cm³/mol. The van der Waals surface area contributed by atoms with Crippen molar-refractivity contribution in [2.75, 3.05) is 0 Å². The van der Waals surface area contributed by atoms with Crippen LogP contribution in [0.2, 0.25) is 0 Å². The SMILES string of the molecule is C=C(Cl)C=CC(=C)CC. The first-order valence-electron chi connectivity index (χ1n) is 2.87. The predicted octanol–water partition coefficient (Wildman–Crippen LogP) is 3.26. The summed E-state index contributed by atoms with van der Waals surface area (Å²) >= 11 is 5.46. The average molecular weight is 143 g/mol. The molecule has 0 aliphatic rings. The molecule has 0 atom stereocenters. The highest BCUT2D eigenvalue weighted by molar-refractivity contribution is 6.30. The van der Waals surface area contributed by atoms with Crippen molar-refractivity contribution in [3.8, 4) is 0 Å². The van der Waals surface area contributed by atoms with Crippen molar-refractivity contribution in [3.05, 3.63) is 35.9 Å². The van der Waals surface area contributed by atoms with Crippen molar-refractivity contribution in [1.29, 1.82) is 0 Å². The van der Waals surface area contributed by atoms with Gasteiger partial charge in [-0.1, -0.05) is 43.3 Å². The summed E-state index contributed by atoms with van der Waals surface area (Å²) < 4.78 is 0. The molecular formula is C8H11Cl. The standard InChI is InChI=1S/C8H11Cl/c1-4-7(2)5-6-8(3)9/h5-6H,2-4H2,1H3. The molecule has 0 radical (unpaired) electrons. The molecular weight excluding hydrogens is 132 g/mol. The lowest BCUT2D eigenvalue weighted by molar-refractivity contribution is 1.16. The van der Waals surface area contributed by atoms with Gasteiger partial charge in [0.25, 0.3) is 0 Å². The van der Waals surface area contributed by atoms with Gasteiger partial charge in [-0.25, -0.2) is 0 Å². The molecule has 0 aliphatic heterocycles. The van der Waals surface area contributed by atoms with Crippen molar-refractivity contribution in [2.24, 2.45) is 0 Å². The topological polar surface area (TPSA) is 0 Å². The lowest BCUT2D eigenvalue weighted by Crippen LogP contribution is -1.67. The number of halogens is 1. The van der Waals surface area contributed by atoms with E-state index in [2.05, 4.69) is 13.2 Å². The monoisotopic (exact) mass is 142 g/mol. The van der Waals surface area contributed by atoms with E-state index < -0.39 is 0 Å². The molecule has 0 amide bonds. The molecule has 0 fully saturated rings. The van der Waals surface area contributed by atoms with Crippen LogP contribution in [0.5, 0.6) is 0 Å². The molecule has 0 spiro atoms. The first-order chi connectivity index (χ1) is 4.16. The Kier molecular flexibility index (Phi) is 4.16. The van der Waals surface area contributed by atoms with E-state index in [1.165, 1.54) is 0 Å². The van der Waals surface area contributed by atoms with Gasteiger partial charge in [0.2, 0.25) is 0 Å². The molecule has 0 nitrogen and oxygen atoms in total. The van der Waals surface area contributed by atoms with Gasteiger partial charge in [0.05, 0.1) is 0 Å².